The van der Waals surface area contributed by atoms with E-state index in [1.807, 2.05) is 42.1 Å². The molecule has 2 aromatic rings. The first-order valence-electron chi connectivity index (χ1n) is 5.07. The highest BCUT2D eigenvalue weighted by molar-refractivity contribution is 9.10. The van der Waals surface area contributed by atoms with Crippen LogP contribution in [-0.2, 0) is 13.5 Å². The number of nitrogens with zero attached hydrogens (tertiary/aromatic N) is 2. The highest BCUT2D eigenvalue weighted by Gasteiger charge is 2.13. The fraction of sp³-hybridized carbons (Fsp3) is 0.250. The number of hydrogen-bond donors (Lipinski definition) is 1. The molecule has 0 aliphatic heterocycles. The molecule has 3 nitrogen and oxygen atoms in total. The molecule has 0 bridgehead atoms. The number of rotatable bonds is 3. The molecular formula is C12H13BrN2O. The molecule has 0 aliphatic carbocycles. The number of aryl methyl sites for hydroxylation is 1. The summed E-state index contributed by atoms with van der Waals surface area (Å²) in [6.07, 6.45) is 3.60. The lowest BCUT2D eigenvalue weighted by Crippen LogP contribution is -2.07. The van der Waals surface area contributed by atoms with Crippen LogP contribution in [0.4, 0.5) is 0 Å². The molecule has 0 saturated carbocycles. The number of aromatic nitrogens is 2. The van der Waals surface area contributed by atoms with E-state index in [4.69, 9.17) is 0 Å². The molecule has 1 heterocycles. The second kappa shape index (κ2) is 4.80. The zero-order chi connectivity index (χ0) is 11.5. The van der Waals surface area contributed by atoms with Crippen LogP contribution in [0.25, 0.3) is 0 Å². The van der Waals surface area contributed by atoms with Gasteiger partial charge in [0.2, 0.25) is 0 Å². The average Bonchev–Trinajstić information content (AvgIpc) is 2.65. The minimum Gasteiger partial charge on any atom is -0.388 e. The van der Waals surface area contributed by atoms with Crippen molar-refractivity contribution in [3.63, 3.8) is 0 Å². The summed E-state index contributed by atoms with van der Waals surface area (Å²) in [4.78, 5) is 4.20. The van der Waals surface area contributed by atoms with E-state index in [0.717, 1.165) is 15.9 Å². The molecule has 0 spiro atoms. The molecule has 0 radical (unpaired) electrons. The Labute approximate surface area is 103 Å². The molecule has 1 N–H and O–H groups in total. The average molecular weight is 281 g/mol. The molecule has 0 saturated heterocycles. The minimum absolute atomic E-state index is 0.520. The van der Waals surface area contributed by atoms with Crippen molar-refractivity contribution in [2.24, 2.45) is 7.05 Å². The van der Waals surface area contributed by atoms with Gasteiger partial charge in [-0.1, -0.05) is 34.1 Å². The fourth-order valence-electron chi connectivity index (χ4n) is 1.62. The zero-order valence-electron chi connectivity index (χ0n) is 8.97. The smallest absolute Gasteiger partial charge is 0.111 e. The zero-order valence-corrected chi connectivity index (χ0v) is 10.6. The maximum atomic E-state index is 10.1. The normalized spacial score (nSPS) is 12.7. The van der Waals surface area contributed by atoms with Crippen LogP contribution in [0.2, 0.25) is 0 Å². The van der Waals surface area contributed by atoms with Crippen LogP contribution >= 0.6 is 15.9 Å². The van der Waals surface area contributed by atoms with Crippen molar-refractivity contribution in [3.8, 4) is 0 Å². The Morgan fingerprint density at radius 2 is 2.19 bits per heavy atom. The lowest BCUT2D eigenvalue weighted by Gasteiger charge is -2.12. The minimum atomic E-state index is -0.531. The summed E-state index contributed by atoms with van der Waals surface area (Å²) in [6.45, 7) is 0. The van der Waals surface area contributed by atoms with Gasteiger partial charge in [-0.15, -0.1) is 0 Å². The van der Waals surface area contributed by atoms with E-state index >= 15 is 0 Å². The first kappa shape index (κ1) is 11.4. The standard InChI is InChI=1S/C12H13BrN2O/c1-15-7-6-14-12(15)8-11(16)9-4-2-3-5-10(9)13/h2-7,11,16H,8H2,1H3. The Bertz CT molecular complexity index is 481. The first-order valence-corrected chi connectivity index (χ1v) is 5.86. The second-order valence-corrected chi connectivity index (χ2v) is 4.55. The van der Waals surface area contributed by atoms with Crippen molar-refractivity contribution in [1.82, 2.24) is 9.55 Å². The maximum absolute atomic E-state index is 10.1. The molecule has 0 aliphatic rings. The largest absolute Gasteiger partial charge is 0.388 e. The molecule has 16 heavy (non-hydrogen) atoms. The van der Waals surface area contributed by atoms with E-state index < -0.39 is 6.10 Å². The summed E-state index contributed by atoms with van der Waals surface area (Å²) in [7, 11) is 1.93. The molecule has 1 unspecified atom stereocenters. The molecule has 0 amide bonds. The van der Waals surface area contributed by atoms with Gasteiger partial charge in [-0.05, 0) is 11.6 Å². The highest BCUT2D eigenvalue weighted by atomic mass is 79.9. The molecule has 2 rings (SSSR count). The number of imidazole rings is 1. The molecule has 84 valence electrons. The predicted octanol–water partition coefficient (Wildman–Crippen LogP) is 2.46. The van der Waals surface area contributed by atoms with Gasteiger partial charge in [-0.3, -0.25) is 0 Å². The summed E-state index contributed by atoms with van der Waals surface area (Å²) < 4.78 is 2.84. The van der Waals surface area contributed by atoms with E-state index in [9.17, 15) is 5.11 Å². The Kier molecular flexibility index (Phi) is 3.41. The monoisotopic (exact) mass is 280 g/mol. The van der Waals surface area contributed by atoms with Crippen molar-refractivity contribution in [3.05, 3.63) is 52.5 Å². The van der Waals surface area contributed by atoms with Crippen molar-refractivity contribution in [1.29, 1.82) is 0 Å². The SMILES string of the molecule is Cn1ccnc1CC(O)c1ccccc1Br. The van der Waals surface area contributed by atoms with Gasteiger partial charge >= 0.3 is 0 Å². The predicted molar refractivity (Wildman–Crippen MR) is 66.0 cm³/mol. The lowest BCUT2D eigenvalue weighted by molar-refractivity contribution is 0.174. The van der Waals surface area contributed by atoms with Crippen LogP contribution < -0.4 is 0 Å². The topological polar surface area (TPSA) is 38.0 Å². The number of hydrogen-bond acceptors (Lipinski definition) is 2. The van der Waals surface area contributed by atoms with E-state index in [0.29, 0.717) is 6.42 Å². The van der Waals surface area contributed by atoms with Crippen LogP contribution in [0.5, 0.6) is 0 Å². The van der Waals surface area contributed by atoms with Gasteiger partial charge in [0.05, 0.1) is 6.10 Å². The summed E-state index contributed by atoms with van der Waals surface area (Å²) in [5.41, 5.74) is 0.894. The number of aliphatic hydroxyl groups is 1. The van der Waals surface area contributed by atoms with Crippen LogP contribution in [0.1, 0.15) is 17.5 Å². The Morgan fingerprint density at radius 1 is 1.44 bits per heavy atom. The maximum Gasteiger partial charge on any atom is 0.111 e. The van der Waals surface area contributed by atoms with Crippen molar-refractivity contribution >= 4 is 15.9 Å². The van der Waals surface area contributed by atoms with Crippen LogP contribution in [-0.4, -0.2) is 14.7 Å². The van der Waals surface area contributed by atoms with Crippen molar-refractivity contribution in [2.75, 3.05) is 0 Å². The van der Waals surface area contributed by atoms with E-state index in [2.05, 4.69) is 20.9 Å². The molecule has 1 aromatic heterocycles. The van der Waals surface area contributed by atoms with Gasteiger partial charge in [0.15, 0.2) is 0 Å². The summed E-state index contributed by atoms with van der Waals surface area (Å²) >= 11 is 3.43. The molecule has 1 atom stereocenters. The third-order valence-electron chi connectivity index (χ3n) is 2.56. The van der Waals surface area contributed by atoms with Gasteiger partial charge in [0, 0.05) is 30.3 Å². The van der Waals surface area contributed by atoms with Crippen LogP contribution in [0.15, 0.2) is 41.1 Å². The Morgan fingerprint density at radius 3 is 2.81 bits per heavy atom. The summed E-state index contributed by atoms with van der Waals surface area (Å²) in [5, 5.41) is 10.1. The number of benzene rings is 1. The molecule has 4 heteroatoms. The van der Waals surface area contributed by atoms with Gasteiger partial charge in [0.1, 0.15) is 5.82 Å². The summed E-state index contributed by atoms with van der Waals surface area (Å²) in [6, 6.07) is 7.69. The van der Waals surface area contributed by atoms with Crippen molar-refractivity contribution in [2.45, 2.75) is 12.5 Å². The van der Waals surface area contributed by atoms with Crippen LogP contribution in [0, 0.1) is 0 Å². The van der Waals surface area contributed by atoms with Crippen molar-refractivity contribution < 1.29 is 5.11 Å². The highest BCUT2D eigenvalue weighted by Crippen LogP contribution is 2.25. The number of aliphatic hydroxyl groups excluding tert-OH is 1. The quantitative estimate of drug-likeness (QED) is 0.938. The Hall–Kier alpha value is -1.13. The summed E-state index contributed by atoms with van der Waals surface area (Å²) in [5.74, 6) is 0.878. The lowest BCUT2D eigenvalue weighted by atomic mass is 10.1. The van der Waals surface area contributed by atoms with Gasteiger partial charge in [-0.2, -0.15) is 0 Å². The third-order valence-corrected chi connectivity index (χ3v) is 3.28. The molecular weight excluding hydrogens is 268 g/mol. The molecule has 1 aromatic carbocycles. The first-order chi connectivity index (χ1) is 7.68. The van der Waals surface area contributed by atoms with E-state index in [1.54, 1.807) is 6.20 Å². The van der Waals surface area contributed by atoms with Crippen LogP contribution in [0.3, 0.4) is 0 Å². The third kappa shape index (κ3) is 2.33. The van der Waals surface area contributed by atoms with E-state index in [1.165, 1.54) is 0 Å². The fourth-order valence-corrected chi connectivity index (χ4v) is 2.17. The van der Waals surface area contributed by atoms with Gasteiger partial charge < -0.3 is 9.67 Å². The Balaban J connectivity index is 2.18. The van der Waals surface area contributed by atoms with E-state index in [-0.39, 0.29) is 0 Å². The van der Waals surface area contributed by atoms with Gasteiger partial charge in [-0.25, -0.2) is 4.98 Å². The molecule has 0 fully saturated rings. The van der Waals surface area contributed by atoms with Gasteiger partial charge in [0.25, 0.3) is 0 Å². The number of halogens is 1. The second-order valence-electron chi connectivity index (χ2n) is 3.70.